The van der Waals surface area contributed by atoms with Crippen LogP contribution in [0.1, 0.15) is 53.6 Å². The highest BCUT2D eigenvalue weighted by Crippen LogP contribution is 2.42. The highest BCUT2D eigenvalue weighted by atomic mass is 32.2. The van der Waals surface area contributed by atoms with Crippen LogP contribution in [0, 0.1) is 5.82 Å². The van der Waals surface area contributed by atoms with Crippen molar-refractivity contribution < 1.29 is 18.9 Å². The van der Waals surface area contributed by atoms with Crippen molar-refractivity contribution in [2.75, 3.05) is 31.1 Å². The van der Waals surface area contributed by atoms with Crippen LogP contribution in [-0.4, -0.2) is 38.0 Å². The Morgan fingerprint density at radius 3 is 2.44 bits per heavy atom. The first kappa shape index (κ1) is 27.2. The molecule has 0 unspecified atom stereocenters. The summed E-state index contributed by atoms with van der Waals surface area (Å²) in [5, 5.41) is 3.04. The average molecular weight is 545 g/mol. The lowest BCUT2D eigenvalue weighted by atomic mass is 10.1. The van der Waals surface area contributed by atoms with Gasteiger partial charge in [0.05, 0.1) is 36.8 Å². The summed E-state index contributed by atoms with van der Waals surface area (Å²) in [6, 6.07) is 21.5. The lowest BCUT2D eigenvalue weighted by Crippen LogP contribution is -3.11. The number of nitrogens with zero attached hydrogens (tertiary/aromatic N) is 1. The third-order valence-corrected chi connectivity index (χ3v) is 8.47. The van der Waals surface area contributed by atoms with E-state index in [4.69, 9.17) is 0 Å². The maximum absolute atomic E-state index is 14.4. The summed E-state index contributed by atoms with van der Waals surface area (Å²) >= 11 is 1.41. The number of quaternary nitrogens is 1. The molecule has 39 heavy (non-hydrogen) atoms. The summed E-state index contributed by atoms with van der Waals surface area (Å²) in [7, 11) is 0. The molecule has 3 aromatic rings. The SMILES string of the molecule is O=C(NCCC[NH+]1CCCCCC1)c1ccc(C=C2Sc3ccccc3N(Cc3ccccc3F)C2=O)cc1. The number of carbonyl (C=O) groups excluding carboxylic acids is 2. The zero-order valence-corrected chi connectivity index (χ0v) is 22.9. The van der Waals surface area contributed by atoms with Gasteiger partial charge < -0.3 is 15.1 Å². The van der Waals surface area contributed by atoms with Crippen molar-refractivity contribution in [3.8, 4) is 0 Å². The number of fused-ring (bicyclic) bond motifs is 1. The number of hydrogen-bond acceptors (Lipinski definition) is 3. The molecule has 0 spiro atoms. The molecule has 1 saturated heterocycles. The Labute approximate surface area is 234 Å². The number of anilines is 1. The fraction of sp³-hybridized carbons (Fsp3) is 0.312. The molecule has 2 N–H and O–H groups in total. The van der Waals surface area contributed by atoms with Gasteiger partial charge in [0.25, 0.3) is 11.8 Å². The molecule has 5 nitrogen and oxygen atoms in total. The largest absolute Gasteiger partial charge is 0.352 e. The molecule has 0 radical (unpaired) electrons. The Kier molecular flexibility index (Phi) is 9.12. The number of benzene rings is 3. The second-order valence-corrected chi connectivity index (χ2v) is 11.3. The minimum absolute atomic E-state index is 0.0758. The van der Waals surface area contributed by atoms with Gasteiger partial charge >= 0.3 is 0 Å². The van der Waals surface area contributed by atoms with Crippen LogP contribution < -0.4 is 15.1 Å². The zero-order valence-electron chi connectivity index (χ0n) is 22.1. The predicted molar refractivity (Wildman–Crippen MR) is 155 cm³/mol. The Balaban J connectivity index is 1.23. The van der Waals surface area contributed by atoms with E-state index in [1.54, 1.807) is 40.1 Å². The molecule has 3 aromatic carbocycles. The van der Waals surface area contributed by atoms with Crippen LogP contribution in [0.2, 0.25) is 0 Å². The molecule has 0 aliphatic carbocycles. The molecule has 0 bridgehead atoms. The smallest absolute Gasteiger partial charge is 0.265 e. The maximum Gasteiger partial charge on any atom is 0.265 e. The van der Waals surface area contributed by atoms with Crippen LogP contribution in [0.4, 0.5) is 10.1 Å². The molecule has 0 atom stereocenters. The van der Waals surface area contributed by atoms with Crippen molar-refractivity contribution in [3.63, 3.8) is 0 Å². The minimum Gasteiger partial charge on any atom is -0.352 e. The highest BCUT2D eigenvalue weighted by molar-refractivity contribution is 8.04. The molecule has 2 aliphatic rings. The summed E-state index contributed by atoms with van der Waals surface area (Å²) in [6.45, 7) is 4.43. The summed E-state index contributed by atoms with van der Waals surface area (Å²) in [5.74, 6) is -0.577. The van der Waals surface area contributed by atoms with Gasteiger partial charge in [-0.25, -0.2) is 4.39 Å². The fourth-order valence-electron chi connectivity index (χ4n) is 5.22. The molecule has 1 fully saturated rings. The van der Waals surface area contributed by atoms with Gasteiger partial charge in [0.2, 0.25) is 0 Å². The van der Waals surface area contributed by atoms with E-state index in [1.165, 1.54) is 56.6 Å². The Bertz CT molecular complexity index is 1330. The zero-order chi connectivity index (χ0) is 27.0. The van der Waals surface area contributed by atoms with Crippen LogP contribution in [0.15, 0.2) is 82.6 Å². The Hall–Kier alpha value is -3.42. The number of rotatable bonds is 8. The second-order valence-electron chi connectivity index (χ2n) is 10.2. The van der Waals surface area contributed by atoms with Gasteiger partial charge in [-0.1, -0.05) is 54.2 Å². The molecular weight excluding hydrogens is 509 g/mol. The van der Waals surface area contributed by atoms with E-state index >= 15 is 0 Å². The van der Waals surface area contributed by atoms with E-state index < -0.39 is 0 Å². The van der Waals surface area contributed by atoms with Gasteiger partial charge in [-0.2, -0.15) is 0 Å². The Morgan fingerprint density at radius 1 is 0.949 bits per heavy atom. The first-order valence-electron chi connectivity index (χ1n) is 13.8. The molecule has 202 valence electrons. The van der Waals surface area contributed by atoms with Crippen molar-refractivity contribution in [3.05, 3.63) is 100 Å². The first-order chi connectivity index (χ1) is 19.1. The van der Waals surface area contributed by atoms with E-state index in [-0.39, 0.29) is 24.2 Å². The molecule has 5 rings (SSSR count). The maximum atomic E-state index is 14.4. The molecular formula is C32H35FN3O2S+. The summed E-state index contributed by atoms with van der Waals surface area (Å²) in [5.41, 5.74) is 2.68. The minimum atomic E-state index is -0.330. The van der Waals surface area contributed by atoms with Crippen molar-refractivity contribution >= 4 is 35.3 Å². The van der Waals surface area contributed by atoms with E-state index in [0.717, 1.165) is 29.1 Å². The van der Waals surface area contributed by atoms with Crippen LogP contribution >= 0.6 is 11.8 Å². The number of halogens is 1. The lowest BCUT2D eigenvalue weighted by Gasteiger charge is -2.30. The highest BCUT2D eigenvalue weighted by Gasteiger charge is 2.29. The van der Waals surface area contributed by atoms with Crippen LogP contribution in [0.25, 0.3) is 6.08 Å². The average Bonchev–Trinajstić information content (AvgIpc) is 3.23. The molecule has 0 aromatic heterocycles. The number of para-hydroxylation sites is 1. The van der Waals surface area contributed by atoms with Crippen molar-refractivity contribution in [2.24, 2.45) is 0 Å². The van der Waals surface area contributed by atoms with Crippen molar-refractivity contribution in [2.45, 2.75) is 43.5 Å². The number of hydrogen-bond donors (Lipinski definition) is 2. The van der Waals surface area contributed by atoms with Gasteiger partial charge in [0, 0.05) is 29.0 Å². The summed E-state index contributed by atoms with van der Waals surface area (Å²) < 4.78 is 14.4. The van der Waals surface area contributed by atoms with Gasteiger partial charge in [-0.05, 0) is 67.7 Å². The normalized spacial score (nSPS) is 17.1. The summed E-state index contributed by atoms with van der Waals surface area (Å²) in [6.07, 6.45) is 8.13. The molecule has 2 heterocycles. The third kappa shape index (κ3) is 6.97. The molecule has 2 aliphatic heterocycles. The van der Waals surface area contributed by atoms with Crippen LogP contribution in [0.5, 0.6) is 0 Å². The van der Waals surface area contributed by atoms with Gasteiger partial charge in [0.1, 0.15) is 5.82 Å². The Morgan fingerprint density at radius 2 is 1.67 bits per heavy atom. The van der Waals surface area contributed by atoms with Crippen molar-refractivity contribution in [1.29, 1.82) is 0 Å². The van der Waals surface area contributed by atoms with E-state index in [1.807, 2.05) is 42.5 Å². The lowest BCUT2D eigenvalue weighted by molar-refractivity contribution is -0.899. The van der Waals surface area contributed by atoms with E-state index in [9.17, 15) is 14.0 Å². The van der Waals surface area contributed by atoms with Crippen molar-refractivity contribution in [1.82, 2.24) is 5.32 Å². The number of likely N-dealkylation sites (tertiary alicyclic amines) is 1. The summed E-state index contributed by atoms with van der Waals surface area (Å²) in [4.78, 5) is 31.0. The van der Waals surface area contributed by atoms with Gasteiger partial charge in [0.15, 0.2) is 0 Å². The van der Waals surface area contributed by atoms with Crippen LogP contribution in [0.3, 0.4) is 0 Å². The van der Waals surface area contributed by atoms with E-state index in [2.05, 4.69) is 5.32 Å². The van der Waals surface area contributed by atoms with Gasteiger partial charge in [-0.3, -0.25) is 9.59 Å². The van der Waals surface area contributed by atoms with Gasteiger partial charge in [-0.15, -0.1) is 0 Å². The number of carbonyl (C=O) groups is 2. The number of amides is 2. The second kappa shape index (κ2) is 13.1. The number of nitrogens with one attached hydrogen (secondary N) is 2. The van der Waals surface area contributed by atoms with E-state index in [0.29, 0.717) is 22.6 Å². The van der Waals surface area contributed by atoms with Crippen LogP contribution in [-0.2, 0) is 11.3 Å². The molecule has 2 amide bonds. The topological polar surface area (TPSA) is 53.9 Å². The number of thioether (sulfide) groups is 1. The quantitative estimate of drug-likeness (QED) is 0.307. The fourth-order valence-corrected chi connectivity index (χ4v) is 6.28. The monoisotopic (exact) mass is 544 g/mol. The predicted octanol–water partition coefficient (Wildman–Crippen LogP) is 5.08. The third-order valence-electron chi connectivity index (χ3n) is 7.39. The first-order valence-corrected chi connectivity index (χ1v) is 14.7. The molecule has 0 saturated carbocycles. The molecule has 7 heteroatoms. The standard InChI is InChI=1S/C32H34FN3O2S/c33-27-11-4-3-10-26(27)23-36-28-12-5-6-13-29(28)39-30(32(36)38)22-24-14-16-25(17-15-24)31(37)34-18-9-21-35-19-7-1-2-8-20-35/h3-6,10-17,22H,1-2,7-9,18-21,23H2,(H,34,37)/p+1.